The van der Waals surface area contributed by atoms with Crippen molar-refractivity contribution in [3.63, 3.8) is 0 Å². The molecule has 0 aliphatic rings. The molecule has 2 aromatic carbocycles. The van der Waals surface area contributed by atoms with Crippen LogP contribution < -0.4 is 10.6 Å². The van der Waals surface area contributed by atoms with Gasteiger partial charge in [0, 0.05) is 17.2 Å². The van der Waals surface area contributed by atoms with Gasteiger partial charge in [-0.05, 0) is 43.3 Å². The van der Waals surface area contributed by atoms with Gasteiger partial charge in [0.25, 0.3) is 5.91 Å². The summed E-state index contributed by atoms with van der Waals surface area (Å²) in [6.07, 6.45) is 0. The summed E-state index contributed by atoms with van der Waals surface area (Å²) in [7, 11) is 0. The van der Waals surface area contributed by atoms with Gasteiger partial charge in [0.1, 0.15) is 12.3 Å². The molecule has 2 heterocycles. The minimum absolute atomic E-state index is 0.156. The molecule has 4 aromatic rings. The zero-order chi connectivity index (χ0) is 21.8. The maximum absolute atomic E-state index is 12.6. The quantitative estimate of drug-likeness (QED) is 0.494. The van der Waals surface area contributed by atoms with Crippen LogP contribution in [0.2, 0.25) is 0 Å². The Morgan fingerprint density at radius 3 is 2.55 bits per heavy atom. The normalized spacial score (nSPS) is 10.6. The standard InChI is InChI=1S/C21H19N7O3/c1-13-7-9-15(10-8-13)21(30)22-17-6-4-3-5-16(17)20-24-27-28(25-20)12-19(29)23-18-11-14(2)31-26-18/h3-11H,12H2,1-2H3,(H,22,30)(H,23,26,29). The Labute approximate surface area is 177 Å². The van der Waals surface area contributed by atoms with E-state index in [9.17, 15) is 9.59 Å². The monoisotopic (exact) mass is 417 g/mol. The van der Waals surface area contributed by atoms with Gasteiger partial charge in [0.15, 0.2) is 5.82 Å². The van der Waals surface area contributed by atoms with Crippen LogP contribution in [0.3, 0.4) is 0 Å². The molecule has 0 saturated carbocycles. The number of carbonyl (C=O) groups is 2. The molecule has 156 valence electrons. The first-order valence-electron chi connectivity index (χ1n) is 9.46. The number of carbonyl (C=O) groups excluding carboxylic acids is 2. The van der Waals surface area contributed by atoms with E-state index in [-0.39, 0.29) is 24.2 Å². The first-order chi connectivity index (χ1) is 15.0. The van der Waals surface area contributed by atoms with Crippen molar-refractivity contribution in [3.05, 3.63) is 71.5 Å². The van der Waals surface area contributed by atoms with E-state index in [0.29, 0.717) is 28.4 Å². The predicted molar refractivity (Wildman–Crippen MR) is 112 cm³/mol. The van der Waals surface area contributed by atoms with Gasteiger partial charge in [-0.15, -0.1) is 10.2 Å². The highest BCUT2D eigenvalue weighted by molar-refractivity contribution is 6.06. The number of anilines is 2. The van der Waals surface area contributed by atoms with Crippen molar-refractivity contribution in [1.82, 2.24) is 25.4 Å². The number of nitrogens with one attached hydrogen (secondary N) is 2. The van der Waals surface area contributed by atoms with E-state index in [1.54, 1.807) is 49.4 Å². The lowest BCUT2D eigenvalue weighted by Crippen LogP contribution is -2.20. The van der Waals surface area contributed by atoms with Crippen LogP contribution in [0.4, 0.5) is 11.5 Å². The predicted octanol–water partition coefficient (Wildman–Crippen LogP) is 2.84. The van der Waals surface area contributed by atoms with Crippen LogP contribution in [0.5, 0.6) is 0 Å². The highest BCUT2D eigenvalue weighted by Gasteiger charge is 2.15. The van der Waals surface area contributed by atoms with Crippen LogP contribution in [0, 0.1) is 13.8 Å². The molecule has 4 rings (SSSR count). The summed E-state index contributed by atoms with van der Waals surface area (Å²) in [4.78, 5) is 25.9. The second kappa shape index (κ2) is 8.57. The van der Waals surface area contributed by atoms with E-state index < -0.39 is 0 Å². The third-order valence-corrected chi connectivity index (χ3v) is 4.36. The fourth-order valence-electron chi connectivity index (χ4n) is 2.84. The summed E-state index contributed by atoms with van der Waals surface area (Å²) in [6, 6.07) is 16.0. The smallest absolute Gasteiger partial charge is 0.255 e. The molecular weight excluding hydrogens is 398 g/mol. The average molecular weight is 417 g/mol. The van der Waals surface area contributed by atoms with Crippen LogP contribution in [-0.2, 0) is 11.3 Å². The van der Waals surface area contributed by atoms with E-state index in [0.717, 1.165) is 10.4 Å². The second-order valence-electron chi connectivity index (χ2n) is 6.88. The molecule has 0 aliphatic heterocycles. The summed E-state index contributed by atoms with van der Waals surface area (Å²) in [6.45, 7) is 3.53. The van der Waals surface area contributed by atoms with Gasteiger partial charge in [-0.25, -0.2) is 0 Å². The molecule has 0 bridgehead atoms. The third kappa shape index (κ3) is 4.81. The minimum atomic E-state index is -0.377. The SMILES string of the molecule is Cc1ccc(C(=O)Nc2ccccc2-c2nnn(CC(=O)Nc3cc(C)on3)n2)cc1. The number of hydrogen-bond acceptors (Lipinski definition) is 7. The van der Waals surface area contributed by atoms with Crippen LogP contribution in [0.1, 0.15) is 21.7 Å². The van der Waals surface area contributed by atoms with Crippen molar-refractivity contribution in [2.45, 2.75) is 20.4 Å². The summed E-state index contributed by atoms with van der Waals surface area (Å²) < 4.78 is 4.91. The molecule has 0 aliphatic carbocycles. The number of nitrogens with zero attached hydrogens (tertiary/aromatic N) is 5. The second-order valence-corrected chi connectivity index (χ2v) is 6.88. The van der Waals surface area contributed by atoms with Crippen molar-refractivity contribution >= 4 is 23.3 Å². The van der Waals surface area contributed by atoms with Crippen LogP contribution in [-0.4, -0.2) is 37.2 Å². The number of rotatable bonds is 6. The zero-order valence-electron chi connectivity index (χ0n) is 16.9. The number of aromatic nitrogens is 5. The lowest BCUT2D eigenvalue weighted by molar-refractivity contribution is -0.117. The van der Waals surface area contributed by atoms with Crippen molar-refractivity contribution in [3.8, 4) is 11.4 Å². The molecule has 0 radical (unpaired) electrons. The molecule has 0 saturated heterocycles. The Balaban J connectivity index is 1.48. The number of aryl methyl sites for hydroxylation is 2. The zero-order valence-corrected chi connectivity index (χ0v) is 16.9. The van der Waals surface area contributed by atoms with E-state index in [2.05, 4.69) is 31.2 Å². The van der Waals surface area contributed by atoms with Crippen molar-refractivity contribution in [1.29, 1.82) is 0 Å². The van der Waals surface area contributed by atoms with E-state index >= 15 is 0 Å². The minimum Gasteiger partial charge on any atom is -0.360 e. The Hall–Kier alpha value is -4.34. The molecular formula is C21H19N7O3. The van der Waals surface area contributed by atoms with Gasteiger partial charge in [-0.2, -0.15) is 4.80 Å². The molecule has 2 aromatic heterocycles. The van der Waals surface area contributed by atoms with E-state index in [1.165, 1.54) is 0 Å². The number of amides is 2. The van der Waals surface area contributed by atoms with Crippen molar-refractivity contribution in [2.24, 2.45) is 0 Å². The maximum atomic E-state index is 12.6. The molecule has 2 N–H and O–H groups in total. The highest BCUT2D eigenvalue weighted by atomic mass is 16.5. The van der Waals surface area contributed by atoms with E-state index in [1.807, 2.05) is 19.1 Å². The van der Waals surface area contributed by atoms with Gasteiger partial charge in [-0.1, -0.05) is 35.0 Å². The summed E-state index contributed by atoms with van der Waals surface area (Å²) in [5.74, 6) is 0.554. The molecule has 31 heavy (non-hydrogen) atoms. The van der Waals surface area contributed by atoms with Gasteiger partial charge in [0.2, 0.25) is 11.7 Å². The van der Waals surface area contributed by atoms with Crippen LogP contribution in [0.25, 0.3) is 11.4 Å². The molecule has 10 heteroatoms. The Bertz CT molecular complexity index is 1230. The summed E-state index contributed by atoms with van der Waals surface area (Å²) >= 11 is 0. The van der Waals surface area contributed by atoms with Crippen LogP contribution in [0.15, 0.2) is 59.1 Å². The van der Waals surface area contributed by atoms with Gasteiger partial charge in [-0.3, -0.25) is 9.59 Å². The highest BCUT2D eigenvalue weighted by Crippen LogP contribution is 2.25. The number of para-hydroxylation sites is 1. The molecule has 0 atom stereocenters. The molecule has 10 nitrogen and oxygen atoms in total. The third-order valence-electron chi connectivity index (χ3n) is 4.36. The first-order valence-corrected chi connectivity index (χ1v) is 9.46. The number of tetrazole rings is 1. The number of hydrogen-bond donors (Lipinski definition) is 2. The molecule has 0 fully saturated rings. The Morgan fingerprint density at radius 1 is 1.03 bits per heavy atom. The summed E-state index contributed by atoms with van der Waals surface area (Å²) in [5, 5.41) is 21.4. The topological polar surface area (TPSA) is 128 Å². The number of benzene rings is 2. The summed E-state index contributed by atoms with van der Waals surface area (Å²) in [5.41, 5.74) is 2.73. The largest absolute Gasteiger partial charge is 0.360 e. The molecule has 2 amide bonds. The Kier molecular flexibility index (Phi) is 5.52. The van der Waals surface area contributed by atoms with Gasteiger partial charge >= 0.3 is 0 Å². The Morgan fingerprint density at radius 2 is 1.81 bits per heavy atom. The van der Waals surface area contributed by atoms with Gasteiger partial charge in [0.05, 0.1) is 5.69 Å². The van der Waals surface area contributed by atoms with Crippen molar-refractivity contribution in [2.75, 3.05) is 10.6 Å². The fraction of sp³-hybridized carbons (Fsp3) is 0.143. The molecule has 0 spiro atoms. The van der Waals surface area contributed by atoms with Crippen molar-refractivity contribution < 1.29 is 14.1 Å². The van der Waals surface area contributed by atoms with Crippen LogP contribution >= 0.6 is 0 Å². The fourth-order valence-corrected chi connectivity index (χ4v) is 2.84. The molecule has 0 unspecified atom stereocenters. The lowest BCUT2D eigenvalue weighted by Gasteiger charge is -2.09. The average Bonchev–Trinajstić information content (AvgIpc) is 3.37. The first kappa shape index (κ1) is 20.0. The lowest BCUT2D eigenvalue weighted by atomic mass is 10.1. The van der Waals surface area contributed by atoms with E-state index in [4.69, 9.17) is 4.52 Å². The maximum Gasteiger partial charge on any atom is 0.255 e. The van der Waals surface area contributed by atoms with Gasteiger partial charge < -0.3 is 15.2 Å².